The molecule has 122 valence electrons. The molecule has 0 amide bonds. The standard InChI is InChI=1S/C16H23NO4S/c1-12-2-6-14(7-3-12)22(18,19)17-15-8-9-20-11-16(15)21-10-13-4-5-13/h2-3,6-7,13,15-17H,4-5,8-11H2,1H3. The Labute approximate surface area is 132 Å². The van der Waals surface area contributed by atoms with Gasteiger partial charge in [0.2, 0.25) is 10.0 Å². The predicted molar refractivity (Wildman–Crippen MR) is 83.2 cm³/mol. The van der Waals surface area contributed by atoms with Crippen LogP contribution in [0, 0.1) is 12.8 Å². The molecule has 1 saturated carbocycles. The van der Waals surface area contributed by atoms with E-state index < -0.39 is 10.0 Å². The van der Waals surface area contributed by atoms with Gasteiger partial charge in [-0.3, -0.25) is 0 Å². The van der Waals surface area contributed by atoms with Crippen molar-refractivity contribution in [2.45, 2.75) is 43.2 Å². The summed E-state index contributed by atoms with van der Waals surface area (Å²) in [5, 5.41) is 0. The third-order valence-corrected chi connectivity index (χ3v) is 5.69. The molecule has 0 spiro atoms. The molecule has 1 saturated heterocycles. The maximum Gasteiger partial charge on any atom is 0.240 e. The summed E-state index contributed by atoms with van der Waals surface area (Å²) >= 11 is 0. The Bertz CT molecular complexity index is 595. The first-order chi connectivity index (χ1) is 10.5. The summed E-state index contributed by atoms with van der Waals surface area (Å²) in [6.07, 6.45) is 2.87. The molecule has 0 bridgehead atoms. The van der Waals surface area contributed by atoms with Crippen molar-refractivity contribution in [2.24, 2.45) is 5.92 Å². The van der Waals surface area contributed by atoms with Crippen molar-refractivity contribution in [1.29, 1.82) is 0 Å². The lowest BCUT2D eigenvalue weighted by Gasteiger charge is -2.32. The molecule has 1 heterocycles. The van der Waals surface area contributed by atoms with Gasteiger partial charge in [-0.2, -0.15) is 0 Å². The summed E-state index contributed by atoms with van der Waals surface area (Å²) in [6, 6.07) is 6.66. The second-order valence-electron chi connectivity index (χ2n) is 6.22. The summed E-state index contributed by atoms with van der Waals surface area (Å²) in [6.45, 7) is 3.65. The van der Waals surface area contributed by atoms with E-state index in [2.05, 4.69) is 4.72 Å². The van der Waals surface area contributed by atoms with Gasteiger partial charge in [0.15, 0.2) is 0 Å². The third kappa shape index (κ3) is 4.07. The van der Waals surface area contributed by atoms with Gasteiger partial charge in [0.1, 0.15) is 0 Å². The highest BCUT2D eigenvalue weighted by Crippen LogP contribution is 2.30. The number of hydrogen-bond donors (Lipinski definition) is 1. The Balaban J connectivity index is 1.66. The number of ether oxygens (including phenoxy) is 2. The van der Waals surface area contributed by atoms with E-state index in [9.17, 15) is 8.42 Å². The molecule has 1 aromatic rings. The van der Waals surface area contributed by atoms with Crippen LogP contribution < -0.4 is 4.72 Å². The number of aryl methyl sites for hydroxylation is 1. The molecule has 1 aliphatic heterocycles. The molecule has 5 nitrogen and oxygen atoms in total. The van der Waals surface area contributed by atoms with E-state index in [4.69, 9.17) is 9.47 Å². The molecule has 1 N–H and O–H groups in total. The fourth-order valence-corrected chi connectivity index (χ4v) is 3.84. The molecule has 3 rings (SSSR count). The molecule has 2 fully saturated rings. The van der Waals surface area contributed by atoms with Gasteiger partial charge >= 0.3 is 0 Å². The molecule has 22 heavy (non-hydrogen) atoms. The van der Waals surface area contributed by atoms with Crippen molar-refractivity contribution < 1.29 is 17.9 Å². The minimum Gasteiger partial charge on any atom is -0.379 e. The van der Waals surface area contributed by atoms with Crippen molar-refractivity contribution in [3.05, 3.63) is 29.8 Å². The van der Waals surface area contributed by atoms with Crippen LogP contribution in [-0.4, -0.2) is 40.4 Å². The molecule has 0 aromatic heterocycles. The van der Waals surface area contributed by atoms with Crippen molar-refractivity contribution in [1.82, 2.24) is 4.72 Å². The zero-order chi connectivity index (χ0) is 15.6. The van der Waals surface area contributed by atoms with Gasteiger partial charge < -0.3 is 9.47 Å². The van der Waals surface area contributed by atoms with Crippen LogP contribution in [0.4, 0.5) is 0 Å². The normalized spacial score (nSPS) is 26.0. The highest BCUT2D eigenvalue weighted by Gasteiger charge is 2.32. The van der Waals surface area contributed by atoms with E-state index in [0.717, 1.165) is 5.56 Å². The van der Waals surface area contributed by atoms with E-state index in [0.29, 0.717) is 37.1 Å². The summed E-state index contributed by atoms with van der Waals surface area (Å²) < 4.78 is 39.1. The summed E-state index contributed by atoms with van der Waals surface area (Å²) in [5.74, 6) is 0.649. The Kier molecular flexibility index (Phi) is 4.82. The van der Waals surface area contributed by atoms with Crippen LogP contribution in [0.25, 0.3) is 0 Å². The molecular formula is C16H23NO4S. The molecule has 2 atom stereocenters. The average Bonchev–Trinajstić information content (AvgIpc) is 3.31. The van der Waals surface area contributed by atoms with E-state index in [1.54, 1.807) is 24.3 Å². The van der Waals surface area contributed by atoms with Crippen molar-refractivity contribution in [3.8, 4) is 0 Å². The Hall–Kier alpha value is -0.950. The SMILES string of the molecule is Cc1ccc(S(=O)(=O)NC2CCOCC2OCC2CC2)cc1. The summed E-state index contributed by atoms with van der Waals surface area (Å²) in [4.78, 5) is 0.297. The van der Waals surface area contributed by atoms with Crippen molar-refractivity contribution >= 4 is 10.0 Å². The molecule has 1 aromatic carbocycles. The number of hydrogen-bond acceptors (Lipinski definition) is 4. The smallest absolute Gasteiger partial charge is 0.240 e. The number of sulfonamides is 1. The van der Waals surface area contributed by atoms with Gasteiger partial charge in [-0.25, -0.2) is 13.1 Å². The molecule has 2 aliphatic rings. The third-order valence-electron chi connectivity index (χ3n) is 4.18. The van der Waals surface area contributed by atoms with Gasteiger partial charge in [-0.05, 0) is 44.2 Å². The fourth-order valence-electron chi connectivity index (χ4n) is 2.54. The average molecular weight is 325 g/mol. The fraction of sp³-hybridized carbons (Fsp3) is 0.625. The minimum absolute atomic E-state index is 0.199. The van der Waals surface area contributed by atoms with Gasteiger partial charge in [-0.1, -0.05) is 17.7 Å². The van der Waals surface area contributed by atoms with Crippen LogP contribution in [0.2, 0.25) is 0 Å². The lowest BCUT2D eigenvalue weighted by molar-refractivity contribution is -0.0672. The maximum atomic E-state index is 12.5. The summed E-state index contributed by atoms with van der Waals surface area (Å²) in [7, 11) is -3.52. The van der Waals surface area contributed by atoms with Gasteiger partial charge in [0, 0.05) is 13.2 Å². The lowest BCUT2D eigenvalue weighted by Crippen LogP contribution is -2.50. The van der Waals surface area contributed by atoms with Crippen molar-refractivity contribution in [3.63, 3.8) is 0 Å². The molecule has 2 unspecified atom stereocenters. The number of benzene rings is 1. The predicted octanol–water partition coefficient (Wildman–Crippen LogP) is 1.86. The van der Waals surface area contributed by atoms with Gasteiger partial charge in [0.25, 0.3) is 0 Å². The monoisotopic (exact) mass is 325 g/mol. The van der Waals surface area contributed by atoms with Crippen LogP contribution in [0.5, 0.6) is 0 Å². The van der Waals surface area contributed by atoms with Crippen LogP contribution >= 0.6 is 0 Å². The highest BCUT2D eigenvalue weighted by atomic mass is 32.2. The van der Waals surface area contributed by atoms with Crippen LogP contribution in [0.3, 0.4) is 0 Å². The first-order valence-corrected chi connectivity index (χ1v) is 9.31. The molecule has 1 aliphatic carbocycles. The molecular weight excluding hydrogens is 302 g/mol. The molecule has 0 radical (unpaired) electrons. The van der Waals surface area contributed by atoms with Gasteiger partial charge in [0.05, 0.1) is 23.6 Å². The summed E-state index contributed by atoms with van der Waals surface area (Å²) in [5.41, 5.74) is 1.04. The van der Waals surface area contributed by atoms with Crippen molar-refractivity contribution in [2.75, 3.05) is 19.8 Å². The zero-order valence-electron chi connectivity index (χ0n) is 12.8. The second-order valence-corrected chi connectivity index (χ2v) is 7.93. The Morgan fingerprint density at radius 1 is 1.23 bits per heavy atom. The quantitative estimate of drug-likeness (QED) is 0.867. The maximum absolute atomic E-state index is 12.5. The zero-order valence-corrected chi connectivity index (χ0v) is 13.6. The van der Waals surface area contributed by atoms with E-state index >= 15 is 0 Å². The first kappa shape index (κ1) is 15.9. The van der Waals surface area contributed by atoms with Gasteiger partial charge in [-0.15, -0.1) is 0 Å². The van der Waals surface area contributed by atoms with E-state index in [1.165, 1.54) is 12.8 Å². The van der Waals surface area contributed by atoms with Crippen LogP contribution in [0.1, 0.15) is 24.8 Å². The number of nitrogens with one attached hydrogen (secondary N) is 1. The Morgan fingerprint density at radius 2 is 1.95 bits per heavy atom. The van der Waals surface area contributed by atoms with E-state index in [-0.39, 0.29) is 12.1 Å². The molecule has 6 heteroatoms. The topological polar surface area (TPSA) is 64.6 Å². The minimum atomic E-state index is -3.52. The Morgan fingerprint density at radius 3 is 2.64 bits per heavy atom. The van der Waals surface area contributed by atoms with Crippen LogP contribution in [0.15, 0.2) is 29.2 Å². The first-order valence-electron chi connectivity index (χ1n) is 7.83. The second kappa shape index (κ2) is 6.66. The van der Waals surface area contributed by atoms with Crippen LogP contribution in [-0.2, 0) is 19.5 Å². The van der Waals surface area contributed by atoms with E-state index in [1.807, 2.05) is 6.92 Å². The largest absolute Gasteiger partial charge is 0.379 e. The lowest BCUT2D eigenvalue weighted by atomic mass is 10.1. The number of rotatable bonds is 6. The highest BCUT2D eigenvalue weighted by molar-refractivity contribution is 7.89.